The first-order valence-corrected chi connectivity index (χ1v) is 8.58. The lowest BCUT2D eigenvalue weighted by Gasteiger charge is -2.07. The normalized spacial score (nSPS) is 11.8. The minimum atomic E-state index is 0.206. The van der Waals surface area contributed by atoms with Gasteiger partial charge >= 0.3 is 0 Å². The summed E-state index contributed by atoms with van der Waals surface area (Å²) in [6, 6.07) is 11.5. The van der Waals surface area contributed by atoms with Gasteiger partial charge in [-0.25, -0.2) is 0 Å². The number of hydrogen-bond acceptors (Lipinski definition) is 5. The van der Waals surface area contributed by atoms with Gasteiger partial charge < -0.3 is 5.11 Å². The highest BCUT2D eigenvalue weighted by Crippen LogP contribution is 2.26. The number of benzene rings is 2. The van der Waals surface area contributed by atoms with Crippen LogP contribution in [0.5, 0.6) is 5.75 Å². The third-order valence-electron chi connectivity index (χ3n) is 3.59. The second kappa shape index (κ2) is 6.42. The Labute approximate surface area is 139 Å². The molecule has 118 valence electrons. The zero-order chi connectivity index (χ0) is 16.4. The van der Waals surface area contributed by atoms with Crippen LogP contribution in [0.4, 0.5) is 0 Å². The predicted octanol–water partition coefficient (Wildman–Crippen LogP) is 3.86. The molecule has 6 heteroatoms. The Kier molecular flexibility index (Phi) is 4.34. The SMILES string of the molecule is CSc1nnc(C(C)C)n1/N=C\c1c(O)ccc2ccccc12. The molecule has 0 aliphatic carbocycles. The molecule has 0 fully saturated rings. The molecule has 3 rings (SSSR count). The summed E-state index contributed by atoms with van der Waals surface area (Å²) in [7, 11) is 0. The molecule has 0 aliphatic rings. The number of hydrogen-bond donors (Lipinski definition) is 1. The summed E-state index contributed by atoms with van der Waals surface area (Å²) in [5, 5.41) is 25.8. The molecule has 2 aromatic carbocycles. The summed E-state index contributed by atoms with van der Waals surface area (Å²) in [4.78, 5) is 0. The van der Waals surface area contributed by atoms with Crippen molar-refractivity contribution in [2.75, 3.05) is 6.26 Å². The first-order valence-electron chi connectivity index (χ1n) is 7.36. The van der Waals surface area contributed by atoms with Crippen LogP contribution in [0.3, 0.4) is 0 Å². The van der Waals surface area contributed by atoms with Gasteiger partial charge in [-0.3, -0.25) is 0 Å². The maximum atomic E-state index is 10.2. The van der Waals surface area contributed by atoms with Crippen molar-refractivity contribution in [2.45, 2.75) is 24.9 Å². The van der Waals surface area contributed by atoms with Crippen LogP contribution in [-0.4, -0.2) is 32.5 Å². The van der Waals surface area contributed by atoms with Crippen LogP contribution in [0.25, 0.3) is 10.8 Å². The van der Waals surface area contributed by atoms with Crippen molar-refractivity contribution >= 4 is 28.7 Å². The molecule has 0 atom stereocenters. The van der Waals surface area contributed by atoms with E-state index in [0.717, 1.165) is 21.8 Å². The van der Waals surface area contributed by atoms with E-state index in [1.807, 2.05) is 36.6 Å². The zero-order valence-electron chi connectivity index (χ0n) is 13.3. The van der Waals surface area contributed by atoms with Gasteiger partial charge in [-0.15, -0.1) is 10.2 Å². The molecule has 0 aliphatic heterocycles. The van der Waals surface area contributed by atoms with E-state index < -0.39 is 0 Å². The third-order valence-corrected chi connectivity index (χ3v) is 4.20. The summed E-state index contributed by atoms with van der Waals surface area (Å²) in [6.45, 7) is 4.10. The van der Waals surface area contributed by atoms with Gasteiger partial charge in [-0.05, 0) is 23.1 Å². The van der Waals surface area contributed by atoms with Crippen LogP contribution >= 0.6 is 11.8 Å². The van der Waals surface area contributed by atoms with E-state index in [2.05, 4.69) is 29.1 Å². The Bertz CT molecular complexity index is 870. The van der Waals surface area contributed by atoms with Gasteiger partial charge in [-0.2, -0.15) is 9.78 Å². The van der Waals surface area contributed by atoms with Gasteiger partial charge in [0, 0.05) is 11.5 Å². The van der Waals surface area contributed by atoms with E-state index in [-0.39, 0.29) is 11.7 Å². The fourth-order valence-electron chi connectivity index (χ4n) is 2.41. The number of rotatable bonds is 4. The lowest BCUT2D eigenvalue weighted by molar-refractivity contribution is 0.475. The largest absolute Gasteiger partial charge is 0.507 e. The number of aromatic nitrogens is 3. The number of nitrogens with zero attached hydrogens (tertiary/aromatic N) is 4. The molecule has 23 heavy (non-hydrogen) atoms. The second-order valence-corrected chi connectivity index (χ2v) is 6.25. The van der Waals surface area contributed by atoms with E-state index in [4.69, 9.17) is 0 Å². The Morgan fingerprint density at radius 3 is 2.70 bits per heavy atom. The van der Waals surface area contributed by atoms with Gasteiger partial charge in [0.2, 0.25) is 5.16 Å². The number of phenolic OH excluding ortho intramolecular Hbond substituents is 1. The first kappa shape index (κ1) is 15.6. The minimum Gasteiger partial charge on any atom is -0.507 e. The highest BCUT2D eigenvalue weighted by Gasteiger charge is 2.14. The van der Waals surface area contributed by atoms with E-state index in [1.54, 1.807) is 17.0 Å². The molecule has 0 spiro atoms. The first-order chi connectivity index (χ1) is 11.1. The van der Waals surface area contributed by atoms with E-state index in [9.17, 15) is 5.11 Å². The zero-order valence-corrected chi connectivity index (χ0v) is 14.1. The smallest absolute Gasteiger partial charge is 0.211 e. The van der Waals surface area contributed by atoms with Crippen LogP contribution < -0.4 is 0 Å². The number of fused-ring (bicyclic) bond motifs is 1. The monoisotopic (exact) mass is 326 g/mol. The Morgan fingerprint density at radius 1 is 1.17 bits per heavy atom. The summed E-state index contributed by atoms with van der Waals surface area (Å²) < 4.78 is 1.73. The fourth-order valence-corrected chi connectivity index (χ4v) is 2.84. The number of aromatic hydroxyl groups is 1. The summed E-state index contributed by atoms with van der Waals surface area (Å²) >= 11 is 1.49. The van der Waals surface area contributed by atoms with Gasteiger partial charge in [0.15, 0.2) is 5.82 Å². The maximum absolute atomic E-state index is 10.2. The number of phenols is 1. The molecule has 0 bridgehead atoms. The molecule has 0 saturated carbocycles. The lowest BCUT2D eigenvalue weighted by Crippen LogP contribution is -2.02. The van der Waals surface area contributed by atoms with Crippen molar-refractivity contribution in [1.29, 1.82) is 0 Å². The standard InChI is InChI=1S/C17H18N4OS/c1-11(2)16-19-20-17(23-3)21(16)18-10-14-13-7-5-4-6-12(13)8-9-15(14)22/h4-11,22H,1-3H3/b18-10-. The van der Waals surface area contributed by atoms with Gasteiger partial charge in [0.25, 0.3) is 0 Å². The highest BCUT2D eigenvalue weighted by molar-refractivity contribution is 7.98. The van der Waals surface area contributed by atoms with Crippen molar-refractivity contribution in [3.8, 4) is 5.75 Å². The van der Waals surface area contributed by atoms with Crippen LogP contribution in [0, 0.1) is 0 Å². The maximum Gasteiger partial charge on any atom is 0.211 e. The van der Waals surface area contributed by atoms with Crippen molar-refractivity contribution in [2.24, 2.45) is 5.10 Å². The summed E-state index contributed by atoms with van der Waals surface area (Å²) in [5.41, 5.74) is 0.693. The summed E-state index contributed by atoms with van der Waals surface area (Å²) in [6.07, 6.45) is 3.61. The van der Waals surface area contributed by atoms with Crippen LogP contribution in [0.1, 0.15) is 31.2 Å². The average molecular weight is 326 g/mol. The van der Waals surface area contributed by atoms with Gasteiger partial charge in [0.05, 0.1) is 6.21 Å². The topological polar surface area (TPSA) is 63.3 Å². The molecule has 1 aromatic heterocycles. The fraction of sp³-hybridized carbons (Fsp3) is 0.235. The van der Waals surface area contributed by atoms with Crippen LogP contribution in [0.15, 0.2) is 46.7 Å². The highest BCUT2D eigenvalue weighted by atomic mass is 32.2. The molecule has 5 nitrogen and oxygen atoms in total. The molecule has 1 heterocycles. The Hall–Kier alpha value is -2.34. The molecular formula is C17H18N4OS. The Morgan fingerprint density at radius 2 is 1.96 bits per heavy atom. The molecule has 3 aromatic rings. The minimum absolute atomic E-state index is 0.206. The molecular weight excluding hydrogens is 308 g/mol. The summed E-state index contributed by atoms with van der Waals surface area (Å²) in [5.74, 6) is 1.21. The average Bonchev–Trinajstić information content (AvgIpc) is 2.97. The van der Waals surface area contributed by atoms with E-state index in [1.165, 1.54) is 11.8 Å². The predicted molar refractivity (Wildman–Crippen MR) is 94.5 cm³/mol. The van der Waals surface area contributed by atoms with E-state index >= 15 is 0 Å². The Balaban J connectivity index is 2.11. The molecule has 0 amide bonds. The van der Waals surface area contributed by atoms with Gasteiger partial charge in [-0.1, -0.05) is 55.9 Å². The second-order valence-electron chi connectivity index (χ2n) is 5.48. The van der Waals surface area contributed by atoms with Crippen molar-refractivity contribution < 1.29 is 5.11 Å². The van der Waals surface area contributed by atoms with Crippen molar-refractivity contribution in [3.05, 3.63) is 47.8 Å². The number of thioether (sulfide) groups is 1. The lowest BCUT2D eigenvalue weighted by atomic mass is 10.0. The quantitative estimate of drug-likeness (QED) is 0.584. The van der Waals surface area contributed by atoms with Crippen molar-refractivity contribution in [1.82, 2.24) is 14.9 Å². The molecule has 0 radical (unpaired) electrons. The van der Waals surface area contributed by atoms with Crippen molar-refractivity contribution in [3.63, 3.8) is 0 Å². The molecule has 0 saturated heterocycles. The molecule has 1 N–H and O–H groups in total. The van der Waals surface area contributed by atoms with Gasteiger partial charge in [0.1, 0.15) is 5.75 Å². The van der Waals surface area contributed by atoms with Crippen LogP contribution in [-0.2, 0) is 0 Å². The van der Waals surface area contributed by atoms with E-state index in [0.29, 0.717) is 5.56 Å². The third kappa shape index (κ3) is 2.94. The van der Waals surface area contributed by atoms with Crippen LogP contribution in [0.2, 0.25) is 0 Å². The molecule has 0 unspecified atom stereocenters.